The van der Waals surface area contributed by atoms with E-state index in [1.165, 1.54) is 221 Å². The second-order valence-electron chi connectivity index (χ2n) is 32.2. The van der Waals surface area contributed by atoms with Gasteiger partial charge in [0, 0.05) is 81.6 Å². The van der Waals surface area contributed by atoms with E-state index >= 15 is 0 Å². The molecule has 4 nitrogen and oxygen atoms in total. The maximum atomic E-state index is 2.54. The largest absolute Gasteiger partial charge is 0.309 e. The normalized spacial score (nSPS) is 13.2. The average molecular weight is 1450 g/mol. The van der Waals surface area contributed by atoms with Crippen molar-refractivity contribution in [1.82, 2.24) is 18.3 Å². The molecule has 0 saturated carbocycles. The highest BCUT2D eigenvalue weighted by atomic mass is 15.0. The van der Waals surface area contributed by atoms with Crippen molar-refractivity contribution in [2.24, 2.45) is 0 Å². The molecule has 4 aromatic heterocycles. The number of rotatable bonds is 8. The Kier molecular flexibility index (Phi) is 14.4. The zero-order valence-corrected chi connectivity index (χ0v) is 63.7. The molecule has 0 unspecified atom stereocenters. The highest BCUT2D eigenvalue weighted by molar-refractivity contribution is 6.19. The molecule has 18 aromatic carbocycles. The van der Waals surface area contributed by atoms with Crippen molar-refractivity contribution in [2.75, 3.05) is 0 Å². The highest BCUT2D eigenvalue weighted by Gasteiger charge is 2.40. The van der Waals surface area contributed by atoms with Crippen LogP contribution in [0.2, 0.25) is 0 Å². The van der Waals surface area contributed by atoms with Crippen LogP contribution in [0.25, 0.3) is 198 Å². The quantitative estimate of drug-likeness (QED) is 0.144. The summed E-state index contributed by atoms with van der Waals surface area (Å²) in [5.74, 6) is 0. The molecule has 4 heterocycles. The minimum atomic E-state index is -0.166. The van der Waals surface area contributed by atoms with Crippen molar-refractivity contribution in [3.05, 3.63) is 411 Å². The second-order valence-corrected chi connectivity index (χ2v) is 32.2. The summed E-state index contributed by atoms with van der Waals surface area (Å²) in [6.45, 7) is 9.54. The van der Waals surface area contributed by atoms with Crippen LogP contribution in [0.3, 0.4) is 0 Å². The molecule has 114 heavy (non-hydrogen) atoms. The number of hydrogen-bond donors (Lipinski definition) is 0. The fourth-order valence-electron chi connectivity index (χ4n) is 20.1. The standard InChI is InChI=1S/2C55H38N2/c1-55(2)47-23-10-8-22-44(47)53-48(55)29-28-43-46-34-39(26-30-51(46)56(54(43)53)40-19-12-18-37(32-40)35-14-4-3-5-15-35)38-27-31-52-45(33-38)42-21-9-11-24-50(42)57(52)49-25-13-17-36-16-6-7-20-41(36)49;1-55(2)48-23-10-8-21-42(48)44-28-29-45-47-34-39(26-30-51(47)56(54(45)53(44)55)40-19-12-18-37(32-40)35-14-4-3-5-15-35)38-27-31-52-46(33-38)43-22-9-11-24-50(43)57(52)49-25-13-17-36-16-6-7-20-41(36)49/h2*3-34H,1-2H3. The summed E-state index contributed by atoms with van der Waals surface area (Å²) in [6.07, 6.45) is 0. The number of para-hydroxylation sites is 2. The summed E-state index contributed by atoms with van der Waals surface area (Å²) in [6, 6.07) is 144. The first-order valence-electron chi connectivity index (χ1n) is 39.9. The van der Waals surface area contributed by atoms with Gasteiger partial charge < -0.3 is 18.3 Å². The molecule has 22 aromatic rings. The van der Waals surface area contributed by atoms with Crippen LogP contribution in [0.1, 0.15) is 49.9 Å². The molecule has 0 spiro atoms. The lowest BCUT2D eigenvalue weighted by Crippen LogP contribution is -2.16. The van der Waals surface area contributed by atoms with Gasteiger partial charge in [0.15, 0.2) is 0 Å². The fraction of sp³-hybridized carbons (Fsp3) is 0.0545. The maximum absolute atomic E-state index is 2.54. The molecular formula is C110H76N4. The minimum absolute atomic E-state index is 0.0981. The Morgan fingerprint density at radius 3 is 1.07 bits per heavy atom. The summed E-state index contributed by atoms with van der Waals surface area (Å²) in [5, 5.41) is 15.1. The summed E-state index contributed by atoms with van der Waals surface area (Å²) in [4.78, 5) is 0. The highest BCUT2D eigenvalue weighted by Crippen LogP contribution is 2.56. The molecule has 0 aliphatic heterocycles. The Labute approximate surface area is 661 Å². The van der Waals surface area contributed by atoms with Crippen molar-refractivity contribution >= 4 is 109 Å². The van der Waals surface area contributed by atoms with E-state index in [1.54, 1.807) is 0 Å². The van der Waals surface area contributed by atoms with E-state index in [0.717, 1.165) is 0 Å². The van der Waals surface area contributed by atoms with Gasteiger partial charge in [-0.25, -0.2) is 0 Å². The smallest absolute Gasteiger partial charge is 0.0622 e. The third-order valence-corrected chi connectivity index (χ3v) is 25.4. The SMILES string of the molecule is CC1(C)c2ccccc2-c2c1ccc1c3cc(-c4ccc5c(c4)c4ccccc4n5-c4cccc5ccccc45)ccc3n(-c3cccc(-c4ccccc4)c3)c21.CC1(C)c2ccccc2-c2ccc3c4cc(-c5ccc6c(c5)c5ccccc5n6-c5cccc6ccccc56)ccc4n(-c4cccc(-c5ccccc5)c4)c3c21. The summed E-state index contributed by atoms with van der Waals surface area (Å²) in [7, 11) is 0. The Hall–Kier alpha value is -14.3. The van der Waals surface area contributed by atoms with E-state index in [-0.39, 0.29) is 10.8 Å². The number of nitrogens with zero attached hydrogens (tertiary/aromatic N) is 4. The van der Waals surface area contributed by atoms with Crippen molar-refractivity contribution in [2.45, 2.75) is 38.5 Å². The van der Waals surface area contributed by atoms with Gasteiger partial charge in [-0.1, -0.05) is 319 Å². The molecule has 2 aliphatic carbocycles. The van der Waals surface area contributed by atoms with Crippen LogP contribution in [-0.2, 0) is 10.8 Å². The zero-order chi connectivity index (χ0) is 75.7. The van der Waals surface area contributed by atoms with Crippen LogP contribution in [0.5, 0.6) is 0 Å². The van der Waals surface area contributed by atoms with Crippen LogP contribution in [0.15, 0.2) is 388 Å². The molecule has 0 saturated heterocycles. The van der Waals surface area contributed by atoms with Gasteiger partial charge in [0.2, 0.25) is 0 Å². The van der Waals surface area contributed by atoms with Gasteiger partial charge >= 0.3 is 0 Å². The predicted molar refractivity (Wildman–Crippen MR) is 482 cm³/mol. The van der Waals surface area contributed by atoms with Gasteiger partial charge in [-0.3, -0.25) is 0 Å². The average Bonchev–Trinajstić information content (AvgIpc) is 1.54. The summed E-state index contributed by atoms with van der Waals surface area (Å²) >= 11 is 0. The van der Waals surface area contributed by atoms with E-state index in [1.807, 2.05) is 0 Å². The summed E-state index contributed by atoms with van der Waals surface area (Å²) in [5.41, 5.74) is 35.0. The van der Waals surface area contributed by atoms with Gasteiger partial charge in [0.25, 0.3) is 0 Å². The first-order valence-corrected chi connectivity index (χ1v) is 39.9. The predicted octanol–water partition coefficient (Wildman–Crippen LogP) is 29.3. The minimum Gasteiger partial charge on any atom is -0.309 e. The Morgan fingerprint density at radius 1 is 0.193 bits per heavy atom. The fourth-order valence-corrected chi connectivity index (χ4v) is 20.1. The van der Waals surface area contributed by atoms with E-state index in [4.69, 9.17) is 0 Å². The van der Waals surface area contributed by atoms with Gasteiger partial charge in [-0.2, -0.15) is 0 Å². The van der Waals surface area contributed by atoms with Crippen molar-refractivity contribution in [1.29, 1.82) is 0 Å². The van der Waals surface area contributed by atoms with Crippen LogP contribution in [-0.4, -0.2) is 18.3 Å². The Morgan fingerprint density at radius 2 is 0.553 bits per heavy atom. The molecule has 0 atom stereocenters. The number of hydrogen-bond acceptors (Lipinski definition) is 0. The molecule has 536 valence electrons. The van der Waals surface area contributed by atoms with Gasteiger partial charge in [-0.05, 0) is 191 Å². The zero-order valence-electron chi connectivity index (χ0n) is 63.7. The molecule has 0 fully saturated rings. The van der Waals surface area contributed by atoms with Crippen molar-refractivity contribution < 1.29 is 0 Å². The molecule has 24 rings (SSSR count). The molecule has 0 bridgehead atoms. The lowest BCUT2D eigenvalue weighted by atomic mass is 9.81. The van der Waals surface area contributed by atoms with Crippen molar-refractivity contribution in [3.63, 3.8) is 0 Å². The van der Waals surface area contributed by atoms with E-state index in [2.05, 4.69) is 434 Å². The van der Waals surface area contributed by atoms with Crippen LogP contribution in [0.4, 0.5) is 0 Å². The Balaban J connectivity index is 0.000000135. The molecule has 2 aliphatic rings. The first kappa shape index (κ1) is 65.6. The van der Waals surface area contributed by atoms with Gasteiger partial charge in [-0.15, -0.1) is 0 Å². The summed E-state index contributed by atoms with van der Waals surface area (Å²) < 4.78 is 9.95. The lowest BCUT2D eigenvalue weighted by molar-refractivity contribution is 0.661. The topological polar surface area (TPSA) is 19.7 Å². The Bertz CT molecular complexity index is 7770. The molecule has 0 N–H and O–H groups in total. The number of benzene rings is 18. The third kappa shape index (κ3) is 9.77. The van der Waals surface area contributed by atoms with Crippen LogP contribution in [0, 0.1) is 0 Å². The third-order valence-electron chi connectivity index (χ3n) is 25.4. The van der Waals surface area contributed by atoms with E-state index < -0.39 is 0 Å². The molecule has 0 amide bonds. The molecule has 4 heteroatoms. The van der Waals surface area contributed by atoms with Crippen molar-refractivity contribution in [3.8, 4) is 89.5 Å². The number of aromatic nitrogens is 4. The maximum Gasteiger partial charge on any atom is 0.0622 e. The first-order chi connectivity index (χ1) is 56.1. The molecule has 0 radical (unpaired) electrons. The number of fused-ring (bicyclic) bond motifs is 22. The lowest BCUT2D eigenvalue weighted by Gasteiger charge is -2.23. The second kappa shape index (κ2) is 25.1. The monoisotopic (exact) mass is 1450 g/mol. The van der Waals surface area contributed by atoms with Crippen LogP contribution < -0.4 is 0 Å². The van der Waals surface area contributed by atoms with Crippen LogP contribution >= 0.6 is 0 Å². The molecular weight excluding hydrogens is 1380 g/mol. The van der Waals surface area contributed by atoms with E-state index in [9.17, 15) is 0 Å². The van der Waals surface area contributed by atoms with E-state index in [0.29, 0.717) is 0 Å². The van der Waals surface area contributed by atoms with Gasteiger partial charge in [0.1, 0.15) is 0 Å². The van der Waals surface area contributed by atoms with Gasteiger partial charge in [0.05, 0.1) is 55.5 Å².